The van der Waals surface area contributed by atoms with Gasteiger partial charge in [0.15, 0.2) is 0 Å². The molecule has 0 aromatic rings. The highest BCUT2D eigenvalue weighted by atomic mass is 79.9. The Morgan fingerprint density at radius 3 is 0.833 bits per heavy atom. The first-order valence-corrected chi connectivity index (χ1v) is 9.97. The number of unbranched alkanes of at least 4 members (excludes halogenated alkanes) is 9. The topological polar surface area (TPSA) is 0 Å². The Hall–Kier alpha value is 0.880. The van der Waals surface area contributed by atoms with Gasteiger partial charge in [-0.05, 0) is 39.5 Å². The lowest BCUT2D eigenvalue weighted by Crippen LogP contribution is -3.00. The fourth-order valence-corrected chi connectivity index (χ4v) is 2.81. The lowest BCUT2D eigenvalue weighted by Gasteiger charge is -2.28. The smallest absolute Gasteiger partial charge is 0.0782 e. The summed E-state index contributed by atoms with van der Waals surface area (Å²) >= 11 is 0. The lowest BCUT2D eigenvalue weighted by molar-refractivity contribution is -0.888. The highest BCUT2D eigenvalue weighted by Gasteiger charge is 2.10. The Morgan fingerprint density at radius 1 is 0.417 bits per heavy atom. The molecule has 0 N–H and O–H groups in total. The van der Waals surface area contributed by atoms with Gasteiger partial charge in [-0.15, -0.1) is 0 Å². The molecule has 150 valence electrons. The van der Waals surface area contributed by atoms with Crippen molar-refractivity contribution < 1.29 is 42.9 Å². The average Bonchev–Trinajstić information content (AvgIpc) is 2.48. The number of hydrogen-bond donors (Lipinski definition) is 0. The normalized spacial score (nSPS) is 11.8. The monoisotopic (exact) mass is 472 g/mol. The van der Waals surface area contributed by atoms with E-state index in [4.69, 9.17) is 0 Å². The molecule has 0 bridgehead atoms. The van der Waals surface area contributed by atoms with Crippen LogP contribution in [0.25, 0.3) is 0 Å². The van der Waals surface area contributed by atoms with Crippen molar-refractivity contribution in [1.82, 2.24) is 0 Å². The van der Waals surface area contributed by atoms with E-state index in [-0.39, 0.29) is 34.0 Å². The van der Waals surface area contributed by atoms with Crippen LogP contribution >= 0.6 is 0 Å². The highest BCUT2D eigenvalue weighted by molar-refractivity contribution is 4.48. The molecule has 0 fully saturated rings. The van der Waals surface area contributed by atoms with Crippen LogP contribution in [0, 0.1) is 0 Å². The van der Waals surface area contributed by atoms with Gasteiger partial charge in [0.25, 0.3) is 0 Å². The van der Waals surface area contributed by atoms with Crippen molar-refractivity contribution in [2.45, 2.75) is 78.1 Å². The standard InChI is InChI=1S/C20H46N2.2BrH/c1-7-21(3,4)19-17-15-13-11-9-10-12-14-16-18-20-22(5,6)8-2;;/h7-20H2,1-6H3;2*1H/q+2;;/p-2. The number of halogens is 2. The quantitative estimate of drug-likeness (QED) is 0.213. The summed E-state index contributed by atoms with van der Waals surface area (Å²) in [7, 11) is 9.39. The molecule has 0 heterocycles. The summed E-state index contributed by atoms with van der Waals surface area (Å²) in [5, 5.41) is 0. The van der Waals surface area contributed by atoms with Crippen molar-refractivity contribution in [3.63, 3.8) is 0 Å². The minimum atomic E-state index is 0. The summed E-state index contributed by atoms with van der Waals surface area (Å²) in [6.45, 7) is 9.80. The number of nitrogens with zero attached hydrogens (tertiary/aromatic N) is 2. The Balaban J connectivity index is -0.00000220. The zero-order valence-corrected chi connectivity index (χ0v) is 20.7. The molecule has 4 heteroatoms. The Kier molecular flexibility index (Phi) is 21.4. The van der Waals surface area contributed by atoms with Crippen LogP contribution in [0.3, 0.4) is 0 Å². The molecule has 0 spiro atoms. The van der Waals surface area contributed by atoms with Gasteiger partial charge in [-0.1, -0.05) is 38.5 Å². The zero-order valence-electron chi connectivity index (χ0n) is 17.5. The van der Waals surface area contributed by atoms with Gasteiger partial charge < -0.3 is 42.9 Å². The minimum Gasteiger partial charge on any atom is -1.00 e. The summed E-state index contributed by atoms with van der Waals surface area (Å²) in [5.41, 5.74) is 0. The Bertz CT molecular complexity index is 230. The summed E-state index contributed by atoms with van der Waals surface area (Å²) in [4.78, 5) is 0. The van der Waals surface area contributed by atoms with Gasteiger partial charge in [-0.3, -0.25) is 0 Å². The third-order valence-electron chi connectivity index (χ3n) is 5.49. The van der Waals surface area contributed by atoms with E-state index in [2.05, 4.69) is 42.0 Å². The molecule has 0 saturated carbocycles. The first-order chi connectivity index (χ1) is 10.3. The molecule has 0 radical (unpaired) electrons. The predicted octanol–water partition coefficient (Wildman–Crippen LogP) is -0.912. The molecular weight excluding hydrogens is 428 g/mol. The van der Waals surface area contributed by atoms with E-state index in [0.29, 0.717) is 0 Å². The number of rotatable bonds is 15. The van der Waals surface area contributed by atoms with Gasteiger partial charge in [0.1, 0.15) is 0 Å². The number of hydrogen-bond acceptors (Lipinski definition) is 0. The van der Waals surface area contributed by atoms with Gasteiger partial charge in [-0.2, -0.15) is 0 Å². The number of quaternary nitrogens is 2. The molecule has 0 aliphatic carbocycles. The molecule has 0 unspecified atom stereocenters. The minimum absolute atomic E-state index is 0. The Morgan fingerprint density at radius 2 is 0.625 bits per heavy atom. The largest absolute Gasteiger partial charge is 1.00 e. The van der Waals surface area contributed by atoms with Gasteiger partial charge in [0.2, 0.25) is 0 Å². The molecule has 2 nitrogen and oxygen atoms in total. The van der Waals surface area contributed by atoms with Crippen molar-refractivity contribution in [2.75, 3.05) is 54.4 Å². The molecule has 24 heavy (non-hydrogen) atoms. The van der Waals surface area contributed by atoms with E-state index in [1.54, 1.807) is 0 Å². The molecule has 0 atom stereocenters. The van der Waals surface area contributed by atoms with E-state index in [0.717, 1.165) is 0 Å². The maximum atomic E-state index is 2.35. The van der Waals surface area contributed by atoms with E-state index in [1.165, 1.54) is 99.4 Å². The fourth-order valence-electron chi connectivity index (χ4n) is 2.81. The molecule has 0 saturated heterocycles. The molecule has 0 rings (SSSR count). The van der Waals surface area contributed by atoms with Crippen LogP contribution in [0.5, 0.6) is 0 Å². The van der Waals surface area contributed by atoms with Crippen molar-refractivity contribution in [3.8, 4) is 0 Å². The lowest BCUT2D eigenvalue weighted by atomic mass is 10.1. The van der Waals surface area contributed by atoms with Crippen LogP contribution in [0.2, 0.25) is 0 Å². The summed E-state index contributed by atoms with van der Waals surface area (Å²) < 4.78 is 2.38. The van der Waals surface area contributed by atoms with Crippen molar-refractivity contribution >= 4 is 0 Å². The van der Waals surface area contributed by atoms with Crippen LogP contribution in [0.15, 0.2) is 0 Å². The molecule has 0 aliphatic rings. The van der Waals surface area contributed by atoms with Crippen molar-refractivity contribution in [3.05, 3.63) is 0 Å². The maximum Gasteiger partial charge on any atom is 0.0782 e. The zero-order chi connectivity index (χ0) is 16.9. The first-order valence-electron chi connectivity index (χ1n) is 9.97. The molecule has 0 aliphatic heterocycles. The summed E-state index contributed by atoms with van der Waals surface area (Å²) in [6.07, 6.45) is 14.4. The molecule has 0 aromatic heterocycles. The second kappa shape index (κ2) is 17.3. The Labute approximate surface area is 175 Å². The summed E-state index contributed by atoms with van der Waals surface area (Å²) in [6, 6.07) is 0. The van der Waals surface area contributed by atoms with Gasteiger partial charge in [0, 0.05) is 0 Å². The summed E-state index contributed by atoms with van der Waals surface area (Å²) in [5.74, 6) is 0. The third-order valence-corrected chi connectivity index (χ3v) is 5.49. The van der Waals surface area contributed by atoms with E-state index >= 15 is 0 Å². The second-order valence-electron chi connectivity index (χ2n) is 8.49. The maximum absolute atomic E-state index is 2.35. The first kappa shape index (κ1) is 29.6. The van der Waals surface area contributed by atoms with Crippen molar-refractivity contribution in [1.29, 1.82) is 0 Å². The van der Waals surface area contributed by atoms with Crippen LogP contribution < -0.4 is 34.0 Å². The second-order valence-corrected chi connectivity index (χ2v) is 8.49. The highest BCUT2D eigenvalue weighted by Crippen LogP contribution is 2.12. The van der Waals surface area contributed by atoms with E-state index in [9.17, 15) is 0 Å². The van der Waals surface area contributed by atoms with Crippen LogP contribution in [-0.4, -0.2) is 63.3 Å². The molecular formula is C20H46Br2N2. The molecule has 0 amide bonds. The van der Waals surface area contributed by atoms with Crippen LogP contribution in [0.1, 0.15) is 78.1 Å². The van der Waals surface area contributed by atoms with Gasteiger partial charge in [0.05, 0.1) is 54.4 Å². The van der Waals surface area contributed by atoms with E-state index in [1.807, 2.05) is 0 Å². The molecule has 0 aromatic carbocycles. The van der Waals surface area contributed by atoms with Crippen LogP contribution in [0.4, 0.5) is 0 Å². The van der Waals surface area contributed by atoms with Crippen molar-refractivity contribution in [2.24, 2.45) is 0 Å². The average molecular weight is 474 g/mol. The fraction of sp³-hybridized carbons (Fsp3) is 1.00. The van der Waals surface area contributed by atoms with E-state index < -0.39 is 0 Å². The van der Waals surface area contributed by atoms with Gasteiger partial charge in [-0.25, -0.2) is 0 Å². The predicted molar refractivity (Wildman–Crippen MR) is 101 cm³/mol. The SMILES string of the molecule is CC[N+](C)(C)CCCCCCCCCCCC[N+](C)(C)CC.[Br-].[Br-]. The van der Waals surface area contributed by atoms with Gasteiger partial charge >= 0.3 is 0 Å². The van der Waals surface area contributed by atoms with Crippen LogP contribution in [-0.2, 0) is 0 Å². The third kappa shape index (κ3) is 19.2.